The number of pyridine rings is 1. The number of aromatic nitrogens is 1. The van der Waals surface area contributed by atoms with E-state index in [4.69, 9.17) is 18.3 Å². The van der Waals surface area contributed by atoms with Gasteiger partial charge < -0.3 is 22.9 Å². The second-order valence-corrected chi connectivity index (χ2v) is 9.57. The van der Waals surface area contributed by atoms with E-state index in [0.717, 1.165) is 5.46 Å². The van der Waals surface area contributed by atoms with E-state index < -0.39 is 11.6 Å². The Morgan fingerprint density at radius 2 is 1.88 bits per heavy atom. The first-order valence-electron chi connectivity index (χ1n) is 10.7. The van der Waals surface area contributed by atoms with E-state index in [-0.39, 0.29) is 30.5 Å². The molecule has 32 heavy (non-hydrogen) atoms. The third-order valence-corrected chi connectivity index (χ3v) is 6.31. The van der Waals surface area contributed by atoms with Crippen LogP contribution in [-0.4, -0.2) is 50.2 Å². The number of ether oxygens (including phenoxy) is 2. The van der Waals surface area contributed by atoms with Gasteiger partial charge >= 0.3 is 13.5 Å². The fourth-order valence-corrected chi connectivity index (χ4v) is 3.24. The summed E-state index contributed by atoms with van der Waals surface area (Å²) in [6.07, 6.45) is 3.37. The Kier molecular flexibility index (Phi) is 8.85. The van der Waals surface area contributed by atoms with Crippen molar-refractivity contribution in [2.45, 2.75) is 53.7 Å². The first-order chi connectivity index (χ1) is 15.0. The molecular weight excluding hydrogens is 429 g/mol. The Bertz CT molecular complexity index is 1010. The summed E-state index contributed by atoms with van der Waals surface area (Å²) in [7, 11) is 1.86. The van der Waals surface area contributed by atoms with Crippen LogP contribution in [0.1, 0.15) is 51.9 Å². The van der Waals surface area contributed by atoms with Gasteiger partial charge in [-0.3, -0.25) is 4.79 Å². The van der Waals surface area contributed by atoms with Gasteiger partial charge in [-0.2, -0.15) is 0 Å². The molecule has 0 saturated carbocycles. The highest BCUT2D eigenvalue weighted by Crippen LogP contribution is 2.32. The maximum absolute atomic E-state index is 13.2. The fraction of sp³-hybridized carbons (Fsp3) is 0.565. The summed E-state index contributed by atoms with van der Waals surface area (Å²) in [6.45, 7) is 13.2. The monoisotopic (exact) mass is 463 g/mol. The van der Waals surface area contributed by atoms with Crippen molar-refractivity contribution in [2.75, 3.05) is 26.6 Å². The fourth-order valence-electron chi connectivity index (χ4n) is 3.00. The van der Waals surface area contributed by atoms with Gasteiger partial charge in [-0.05, 0) is 49.8 Å². The lowest BCUT2D eigenvalue weighted by molar-refractivity contribution is 0.00499. The Balaban J connectivity index is 2.62. The van der Waals surface area contributed by atoms with Crippen LogP contribution in [-0.2, 0) is 20.1 Å². The van der Waals surface area contributed by atoms with Gasteiger partial charge in [0.1, 0.15) is 11.3 Å². The lowest BCUT2D eigenvalue weighted by atomic mass is 9.76. The number of benzene rings is 1. The second-order valence-electron chi connectivity index (χ2n) is 9.00. The van der Waals surface area contributed by atoms with Gasteiger partial charge in [0.05, 0.1) is 31.4 Å². The first kappa shape index (κ1) is 26.3. The highest BCUT2D eigenvalue weighted by Gasteiger charge is 2.33. The van der Waals surface area contributed by atoms with Crippen LogP contribution in [0.25, 0.3) is 10.9 Å². The molecule has 0 aliphatic rings. The molecular formula is C23H34BNO6S. The zero-order valence-corrected chi connectivity index (χ0v) is 21.2. The van der Waals surface area contributed by atoms with Gasteiger partial charge in [-0.25, -0.2) is 4.79 Å². The minimum atomic E-state index is -0.638. The minimum absolute atomic E-state index is 0.00411. The molecule has 0 fully saturated rings. The summed E-state index contributed by atoms with van der Waals surface area (Å²) in [5.74, 6) is -0.0218. The topological polar surface area (TPSA) is 76.0 Å². The van der Waals surface area contributed by atoms with Crippen LogP contribution in [0.5, 0.6) is 5.75 Å². The Labute approximate surface area is 195 Å². The predicted molar refractivity (Wildman–Crippen MR) is 132 cm³/mol. The van der Waals surface area contributed by atoms with Crippen molar-refractivity contribution < 1.29 is 23.1 Å². The van der Waals surface area contributed by atoms with Crippen LogP contribution in [0, 0.1) is 5.41 Å². The summed E-state index contributed by atoms with van der Waals surface area (Å²) < 4.78 is 24.2. The number of methoxy groups -OCH3 is 1. The molecule has 0 bridgehead atoms. The molecule has 1 aromatic carbocycles. The standard InChI is InChI=1S/C23H34BNO6S/c1-9-29-21(27)16-14-25(10-11-30-32-8)18-13-19(28-7)17(12-15(18)20(16)26)24-31-23(5,6)22(2,3)4/h12-14,24H,9-11H2,1-8H3. The predicted octanol–water partition coefficient (Wildman–Crippen LogP) is 3.30. The molecule has 0 aliphatic carbocycles. The van der Waals surface area contributed by atoms with Gasteiger partial charge in [-0.15, -0.1) is 0 Å². The molecule has 1 aromatic heterocycles. The average molecular weight is 463 g/mol. The molecule has 0 unspecified atom stereocenters. The van der Waals surface area contributed by atoms with Crippen molar-refractivity contribution in [3.63, 3.8) is 0 Å². The molecule has 0 N–H and O–H groups in total. The zero-order valence-electron chi connectivity index (χ0n) is 20.4. The molecule has 9 heteroatoms. The van der Waals surface area contributed by atoms with Crippen LogP contribution >= 0.6 is 12.0 Å². The van der Waals surface area contributed by atoms with E-state index in [1.165, 1.54) is 18.2 Å². The van der Waals surface area contributed by atoms with Crippen molar-refractivity contribution in [3.05, 3.63) is 34.1 Å². The van der Waals surface area contributed by atoms with E-state index in [0.29, 0.717) is 29.8 Å². The Morgan fingerprint density at radius 1 is 1.19 bits per heavy atom. The van der Waals surface area contributed by atoms with Gasteiger partial charge in [0, 0.05) is 30.4 Å². The van der Waals surface area contributed by atoms with Gasteiger partial charge in [0.2, 0.25) is 5.43 Å². The number of hydrogen-bond donors (Lipinski definition) is 0. The number of carbonyl (C=O) groups is 1. The van der Waals surface area contributed by atoms with Gasteiger partial charge in [-0.1, -0.05) is 20.8 Å². The van der Waals surface area contributed by atoms with E-state index in [9.17, 15) is 9.59 Å². The van der Waals surface area contributed by atoms with Gasteiger partial charge in [0.25, 0.3) is 0 Å². The van der Waals surface area contributed by atoms with E-state index in [1.807, 2.05) is 30.7 Å². The van der Waals surface area contributed by atoms with Crippen molar-refractivity contribution in [1.29, 1.82) is 0 Å². The maximum atomic E-state index is 13.2. The number of nitrogens with zero attached hydrogens (tertiary/aromatic N) is 1. The van der Waals surface area contributed by atoms with Crippen molar-refractivity contribution >= 4 is 41.9 Å². The quantitative estimate of drug-likeness (QED) is 0.232. The molecule has 176 valence electrons. The smallest absolute Gasteiger partial charge is 0.343 e. The summed E-state index contributed by atoms with van der Waals surface area (Å²) in [5.41, 5.74) is 0.522. The van der Waals surface area contributed by atoms with Crippen LogP contribution in [0.2, 0.25) is 0 Å². The van der Waals surface area contributed by atoms with E-state index in [1.54, 1.807) is 20.1 Å². The molecule has 0 amide bonds. The number of hydrogen-bond acceptors (Lipinski definition) is 7. The molecule has 0 atom stereocenters. The summed E-state index contributed by atoms with van der Waals surface area (Å²) in [4.78, 5) is 25.7. The molecule has 0 spiro atoms. The average Bonchev–Trinajstić information content (AvgIpc) is 2.72. The molecule has 2 aromatic rings. The molecule has 1 heterocycles. The van der Waals surface area contributed by atoms with Crippen LogP contribution in [0.15, 0.2) is 23.1 Å². The second kappa shape index (κ2) is 10.8. The summed E-state index contributed by atoms with van der Waals surface area (Å²) in [5, 5.41) is 0.410. The number of fused-ring (bicyclic) bond motifs is 1. The van der Waals surface area contributed by atoms with Crippen molar-refractivity contribution in [1.82, 2.24) is 4.57 Å². The van der Waals surface area contributed by atoms with Crippen LogP contribution in [0.4, 0.5) is 0 Å². The first-order valence-corrected chi connectivity index (χ1v) is 11.8. The normalized spacial score (nSPS) is 12.1. The van der Waals surface area contributed by atoms with Crippen LogP contribution < -0.4 is 15.6 Å². The lowest BCUT2D eigenvalue weighted by Crippen LogP contribution is -2.42. The maximum Gasteiger partial charge on any atom is 0.343 e. The van der Waals surface area contributed by atoms with Crippen molar-refractivity contribution in [3.8, 4) is 5.75 Å². The largest absolute Gasteiger partial charge is 0.497 e. The molecule has 0 radical (unpaired) electrons. The third kappa shape index (κ3) is 5.88. The Hall–Kier alpha value is -1.97. The third-order valence-electron chi connectivity index (χ3n) is 5.91. The Morgan fingerprint density at radius 3 is 2.44 bits per heavy atom. The summed E-state index contributed by atoms with van der Waals surface area (Å²) >= 11 is 1.26. The van der Waals surface area contributed by atoms with E-state index in [2.05, 4.69) is 20.8 Å². The van der Waals surface area contributed by atoms with Crippen LogP contribution in [0.3, 0.4) is 0 Å². The minimum Gasteiger partial charge on any atom is -0.497 e. The number of rotatable bonds is 10. The lowest BCUT2D eigenvalue weighted by Gasteiger charge is -2.39. The molecule has 0 aliphatic heterocycles. The SMILES string of the molecule is CCOC(=O)c1cn(CCOSC)c2cc(OC)c(BOC(C)(C)C(C)(C)C)cc2c1=O. The van der Waals surface area contributed by atoms with Crippen molar-refractivity contribution in [2.24, 2.45) is 5.41 Å². The highest BCUT2D eigenvalue weighted by atomic mass is 32.2. The zero-order chi connectivity index (χ0) is 24.1. The van der Waals surface area contributed by atoms with E-state index >= 15 is 0 Å². The highest BCUT2D eigenvalue weighted by molar-refractivity contribution is 7.93. The molecule has 0 saturated heterocycles. The molecule has 7 nitrogen and oxygen atoms in total. The molecule has 2 rings (SSSR count). The number of carbonyl (C=O) groups excluding carboxylic acids is 1. The summed E-state index contributed by atoms with van der Waals surface area (Å²) in [6, 6.07) is 3.57. The number of esters is 1. The van der Waals surface area contributed by atoms with Gasteiger partial charge in [0.15, 0.2) is 0 Å².